The third-order valence-electron chi connectivity index (χ3n) is 5.79. The van der Waals surface area contributed by atoms with E-state index < -0.39 is 35.8 Å². The molecule has 10 nitrogen and oxygen atoms in total. The first-order chi connectivity index (χ1) is 17.8. The SMILES string of the molecule is CCc1nc(C)nn1CC(=O)N1CCN(c2sc(C(F)(F)F)nc2-c2cnc(C(F)(F)F)nc2)CC1CO. The van der Waals surface area contributed by atoms with Gasteiger partial charge >= 0.3 is 12.4 Å². The lowest BCUT2D eigenvalue weighted by molar-refractivity contribution is -0.145. The highest BCUT2D eigenvalue weighted by atomic mass is 32.1. The molecule has 206 valence electrons. The maximum atomic E-state index is 13.5. The van der Waals surface area contributed by atoms with Gasteiger partial charge in [0.25, 0.3) is 0 Å². The van der Waals surface area contributed by atoms with Crippen LogP contribution < -0.4 is 4.90 Å². The lowest BCUT2D eigenvalue weighted by Gasteiger charge is -2.41. The van der Waals surface area contributed by atoms with Crippen molar-refractivity contribution < 1.29 is 36.2 Å². The predicted molar refractivity (Wildman–Crippen MR) is 122 cm³/mol. The van der Waals surface area contributed by atoms with E-state index in [4.69, 9.17) is 0 Å². The van der Waals surface area contributed by atoms with E-state index in [-0.39, 0.29) is 48.3 Å². The molecular weight excluding hydrogens is 542 g/mol. The van der Waals surface area contributed by atoms with Gasteiger partial charge < -0.3 is 14.9 Å². The molecule has 1 saturated heterocycles. The number of aliphatic hydroxyl groups is 1. The molecule has 0 saturated carbocycles. The summed E-state index contributed by atoms with van der Waals surface area (Å²) < 4.78 is 80.6. The Labute approximate surface area is 216 Å². The summed E-state index contributed by atoms with van der Waals surface area (Å²) in [6.07, 6.45) is -7.53. The molecule has 1 N–H and O–H groups in total. The Bertz CT molecular complexity index is 1290. The number of carbonyl (C=O) groups is 1. The molecule has 0 aromatic carbocycles. The van der Waals surface area contributed by atoms with Crippen LogP contribution in [0.4, 0.5) is 31.3 Å². The number of aryl methyl sites for hydroxylation is 2. The molecule has 1 aliphatic heterocycles. The van der Waals surface area contributed by atoms with Crippen LogP contribution in [0.2, 0.25) is 0 Å². The Hall–Kier alpha value is -3.34. The molecule has 3 aromatic rings. The summed E-state index contributed by atoms with van der Waals surface area (Å²) in [6, 6.07) is -0.765. The fraction of sp³-hybridized carbons (Fsp3) is 0.524. The molecule has 0 aliphatic carbocycles. The van der Waals surface area contributed by atoms with Crippen LogP contribution in [0.1, 0.15) is 29.4 Å². The van der Waals surface area contributed by atoms with Crippen molar-refractivity contribution in [3.8, 4) is 11.3 Å². The molecule has 1 atom stereocenters. The van der Waals surface area contributed by atoms with Crippen molar-refractivity contribution in [2.24, 2.45) is 0 Å². The quantitative estimate of drug-likeness (QED) is 0.455. The molecule has 3 aromatic heterocycles. The molecular formula is C21H22F6N8O2S. The molecule has 4 heterocycles. The second-order valence-corrected chi connectivity index (χ2v) is 9.40. The van der Waals surface area contributed by atoms with Gasteiger partial charge in [-0.2, -0.15) is 31.4 Å². The number of hydrogen-bond acceptors (Lipinski definition) is 9. The van der Waals surface area contributed by atoms with E-state index in [1.165, 1.54) is 14.5 Å². The number of anilines is 1. The van der Waals surface area contributed by atoms with Crippen molar-refractivity contribution in [1.29, 1.82) is 0 Å². The van der Waals surface area contributed by atoms with Crippen molar-refractivity contribution in [2.45, 2.75) is 45.2 Å². The minimum absolute atomic E-state index is 0.0198. The number of carbonyl (C=O) groups excluding carboxylic acids is 1. The normalized spacial score (nSPS) is 16.8. The highest BCUT2D eigenvalue weighted by molar-refractivity contribution is 7.16. The van der Waals surface area contributed by atoms with Gasteiger partial charge in [-0.15, -0.1) is 0 Å². The van der Waals surface area contributed by atoms with E-state index in [1.54, 1.807) is 6.92 Å². The van der Waals surface area contributed by atoms with E-state index in [9.17, 15) is 36.2 Å². The van der Waals surface area contributed by atoms with E-state index in [2.05, 4.69) is 25.0 Å². The Balaban J connectivity index is 1.60. The zero-order valence-corrected chi connectivity index (χ0v) is 20.9. The zero-order chi connectivity index (χ0) is 27.8. The van der Waals surface area contributed by atoms with Gasteiger partial charge in [0.15, 0.2) is 0 Å². The van der Waals surface area contributed by atoms with Crippen LogP contribution in [0.25, 0.3) is 11.3 Å². The maximum Gasteiger partial charge on any atom is 0.451 e. The monoisotopic (exact) mass is 564 g/mol. The molecule has 0 radical (unpaired) electrons. The zero-order valence-electron chi connectivity index (χ0n) is 20.1. The van der Waals surface area contributed by atoms with Gasteiger partial charge in [-0.1, -0.05) is 18.3 Å². The van der Waals surface area contributed by atoms with Crippen LogP contribution in [0, 0.1) is 6.92 Å². The number of halogens is 6. The fourth-order valence-corrected chi connectivity index (χ4v) is 5.05. The van der Waals surface area contributed by atoms with Crippen LogP contribution in [-0.4, -0.2) is 77.9 Å². The van der Waals surface area contributed by atoms with Gasteiger partial charge in [-0.25, -0.2) is 24.6 Å². The summed E-state index contributed by atoms with van der Waals surface area (Å²) in [5, 5.41) is 13.0. The summed E-state index contributed by atoms with van der Waals surface area (Å²) >= 11 is 0.315. The molecule has 1 aliphatic rings. The standard InChI is InChI=1S/C21H22F6N8O2S/c1-3-14-30-11(2)32-35(14)9-15(37)34-5-4-33(8-13(34)10-36)17-16(31-19(38-17)21(25,26)27)12-6-28-18(29-7-12)20(22,23)24/h6-7,13,36H,3-5,8-10H2,1-2H3. The molecule has 38 heavy (non-hydrogen) atoms. The van der Waals surface area contributed by atoms with E-state index in [1.807, 2.05) is 6.92 Å². The number of hydrogen-bond donors (Lipinski definition) is 1. The second-order valence-electron chi connectivity index (χ2n) is 8.42. The third-order valence-corrected chi connectivity index (χ3v) is 6.95. The first-order valence-corrected chi connectivity index (χ1v) is 12.2. The Kier molecular flexibility index (Phi) is 7.60. The number of rotatable bonds is 6. The number of piperazine rings is 1. The largest absolute Gasteiger partial charge is 0.451 e. The first-order valence-electron chi connectivity index (χ1n) is 11.3. The maximum absolute atomic E-state index is 13.5. The number of alkyl halides is 6. The second kappa shape index (κ2) is 10.4. The Morgan fingerprint density at radius 1 is 1.11 bits per heavy atom. The van der Waals surface area contributed by atoms with E-state index in [0.29, 0.717) is 29.4 Å². The van der Waals surface area contributed by atoms with E-state index >= 15 is 0 Å². The summed E-state index contributed by atoms with van der Waals surface area (Å²) in [5.41, 5.74) is -0.370. The first kappa shape index (κ1) is 27.7. The minimum atomic E-state index is -4.82. The van der Waals surface area contributed by atoms with Crippen LogP contribution in [0.5, 0.6) is 0 Å². The fourth-order valence-electron chi connectivity index (χ4n) is 4.06. The third kappa shape index (κ3) is 5.72. The molecule has 17 heteroatoms. The van der Waals surface area contributed by atoms with Crippen molar-refractivity contribution >= 4 is 22.2 Å². The number of thiazole rings is 1. The molecule has 4 rings (SSSR count). The number of nitrogens with zero attached hydrogens (tertiary/aromatic N) is 8. The topological polar surface area (TPSA) is 113 Å². The van der Waals surface area contributed by atoms with Crippen LogP contribution in [-0.2, 0) is 30.1 Å². The number of aliphatic hydroxyl groups excluding tert-OH is 1. The molecule has 1 amide bonds. The lowest BCUT2D eigenvalue weighted by atomic mass is 10.1. The smallest absolute Gasteiger partial charge is 0.394 e. The summed E-state index contributed by atoms with van der Waals surface area (Å²) in [4.78, 5) is 30.3. The van der Waals surface area contributed by atoms with Crippen LogP contribution in [0.15, 0.2) is 12.4 Å². The average Bonchev–Trinajstić information content (AvgIpc) is 3.46. The summed E-state index contributed by atoms with van der Waals surface area (Å²) in [6.45, 7) is 3.10. The van der Waals surface area contributed by atoms with Gasteiger partial charge in [0, 0.05) is 44.0 Å². The van der Waals surface area contributed by atoms with Gasteiger partial charge in [-0.05, 0) is 6.92 Å². The molecule has 1 fully saturated rings. The molecule has 0 spiro atoms. The van der Waals surface area contributed by atoms with Crippen molar-refractivity contribution in [3.63, 3.8) is 0 Å². The van der Waals surface area contributed by atoms with Crippen molar-refractivity contribution in [2.75, 3.05) is 31.1 Å². The van der Waals surface area contributed by atoms with Gasteiger partial charge in [0.1, 0.15) is 28.9 Å². The summed E-state index contributed by atoms with van der Waals surface area (Å²) in [5.74, 6) is -0.665. The highest BCUT2D eigenvalue weighted by Crippen LogP contribution is 2.43. The number of amides is 1. The number of aromatic nitrogens is 6. The van der Waals surface area contributed by atoms with Crippen LogP contribution in [0.3, 0.4) is 0 Å². The Morgan fingerprint density at radius 3 is 2.37 bits per heavy atom. The van der Waals surface area contributed by atoms with Crippen LogP contribution >= 0.6 is 11.3 Å². The summed E-state index contributed by atoms with van der Waals surface area (Å²) in [7, 11) is 0. The minimum Gasteiger partial charge on any atom is -0.394 e. The molecule has 0 bridgehead atoms. The lowest BCUT2D eigenvalue weighted by Crippen LogP contribution is -2.57. The van der Waals surface area contributed by atoms with Gasteiger partial charge in [-0.3, -0.25) is 4.79 Å². The van der Waals surface area contributed by atoms with Gasteiger partial charge in [0.05, 0.1) is 12.6 Å². The van der Waals surface area contributed by atoms with Crippen molar-refractivity contribution in [3.05, 3.63) is 34.9 Å². The van der Waals surface area contributed by atoms with Gasteiger partial charge in [0.2, 0.25) is 16.7 Å². The molecule has 1 unspecified atom stereocenters. The van der Waals surface area contributed by atoms with E-state index in [0.717, 1.165) is 12.4 Å². The van der Waals surface area contributed by atoms with Crippen molar-refractivity contribution in [1.82, 2.24) is 34.6 Å². The predicted octanol–water partition coefficient (Wildman–Crippen LogP) is 2.81. The average molecular weight is 565 g/mol. The Morgan fingerprint density at radius 2 is 1.79 bits per heavy atom. The highest BCUT2D eigenvalue weighted by Gasteiger charge is 2.40.